The lowest BCUT2D eigenvalue weighted by atomic mass is 10.3. The first-order valence-corrected chi connectivity index (χ1v) is 4.83. The quantitative estimate of drug-likeness (QED) is 0.897. The molecule has 0 aliphatic rings. The molecule has 0 saturated carbocycles. The third-order valence-corrected chi connectivity index (χ3v) is 2.09. The van der Waals surface area contributed by atoms with Gasteiger partial charge in [-0.05, 0) is 35.0 Å². The predicted octanol–water partition coefficient (Wildman–Crippen LogP) is 1.83. The summed E-state index contributed by atoms with van der Waals surface area (Å²) in [5.74, 6) is -0.970. The van der Waals surface area contributed by atoms with Gasteiger partial charge in [-0.15, -0.1) is 0 Å². The molecule has 0 radical (unpaired) electrons. The molecule has 0 bridgehead atoms. The Morgan fingerprint density at radius 1 is 1.71 bits per heavy atom. The topological polar surface area (TPSA) is 59.4 Å². The number of hydrogen-bond donors (Lipinski definition) is 1. The molecule has 5 heteroatoms. The lowest BCUT2D eigenvalue weighted by Crippen LogP contribution is -2.19. The first-order valence-electron chi connectivity index (χ1n) is 4.04. The number of halogens is 1. The zero-order valence-corrected chi connectivity index (χ0v) is 9.19. The summed E-state index contributed by atoms with van der Waals surface area (Å²) >= 11 is 3.25. The van der Waals surface area contributed by atoms with Gasteiger partial charge in [0.2, 0.25) is 0 Å². The minimum absolute atomic E-state index is 0.209. The van der Waals surface area contributed by atoms with Crippen LogP contribution in [0.3, 0.4) is 0 Å². The van der Waals surface area contributed by atoms with Crippen molar-refractivity contribution in [3.05, 3.63) is 28.5 Å². The number of ether oxygens (including phenoxy) is 1. The minimum Gasteiger partial charge on any atom is -0.479 e. The molecule has 4 nitrogen and oxygen atoms in total. The van der Waals surface area contributed by atoms with Crippen molar-refractivity contribution < 1.29 is 14.6 Å². The molecule has 1 rings (SSSR count). The molecule has 0 fully saturated rings. The Hall–Kier alpha value is -0.940. The van der Waals surface area contributed by atoms with Crippen LogP contribution in [0.15, 0.2) is 22.8 Å². The van der Waals surface area contributed by atoms with Crippen molar-refractivity contribution in [3.8, 4) is 0 Å². The average Bonchev–Trinajstić information content (AvgIpc) is 2.16. The van der Waals surface area contributed by atoms with Gasteiger partial charge >= 0.3 is 5.97 Å². The van der Waals surface area contributed by atoms with Gasteiger partial charge in [0.1, 0.15) is 0 Å². The highest BCUT2D eigenvalue weighted by atomic mass is 79.9. The third-order valence-electron chi connectivity index (χ3n) is 1.62. The fourth-order valence-corrected chi connectivity index (χ4v) is 1.01. The molecule has 0 saturated heterocycles. The molecule has 1 aromatic heterocycles. The van der Waals surface area contributed by atoms with E-state index in [0.717, 1.165) is 4.47 Å². The van der Waals surface area contributed by atoms with E-state index in [1.165, 1.54) is 6.92 Å². The third kappa shape index (κ3) is 3.43. The van der Waals surface area contributed by atoms with Crippen molar-refractivity contribution in [1.29, 1.82) is 0 Å². The first kappa shape index (κ1) is 11.1. The van der Waals surface area contributed by atoms with Gasteiger partial charge in [-0.1, -0.05) is 0 Å². The molecule has 76 valence electrons. The van der Waals surface area contributed by atoms with E-state index < -0.39 is 12.1 Å². The molecule has 14 heavy (non-hydrogen) atoms. The van der Waals surface area contributed by atoms with Gasteiger partial charge < -0.3 is 9.84 Å². The predicted molar refractivity (Wildman–Crippen MR) is 53.8 cm³/mol. The number of pyridine rings is 1. The van der Waals surface area contributed by atoms with Gasteiger partial charge in [0.15, 0.2) is 6.10 Å². The van der Waals surface area contributed by atoms with Gasteiger partial charge in [0.25, 0.3) is 0 Å². The zero-order valence-electron chi connectivity index (χ0n) is 7.61. The van der Waals surface area contributed by atoms with Crippen LogP contribution in [0.1, 0.15) is 12.6 Å². The summed E-state index contributed by atoms with van der Waals surface area (Å²) in [7, 11) is 0. The van der Waals surface area contributed by atoms with Gasteiger partial charge in [0.05, 0.1) is 12.3 Å². The number of aromatic nitrogens is 1. The molecular formula is C9H10BrNO3. The molecule has 0 unspecified atom stereocenters. The highest BCUT2D eigenvalue weighted by molar-refractivity contribution is 9.10. The SMILES string of the molecule is C[C@@H](OCc1ccc(Br)cn1)C(=O)O. The second-order valence-electron chi connectivity index (χ2n) is 2.76. The van der Waals surface area contributed by atoms with E-state index >= 15 is 0 Å². The lowest BCUT2D eigenvalue weighted by molar-refractivity contribution is -0.149. The fourth-order valence-electron chi connectivity index (χ4n) is 0.773. The molecule has 0 aromatic carbocycles. The smallest absolute Gasteiger partial charge is 0.332 e. The number of hydrogen-bond acceptors (Lipinski definition) is 3. The van der Waals surface area contributed by atoms with E-state index in [9.17, 15) is 4.79 Å². The van der Waals surface area contributed by atoms with Crippen LogP contribution in [0.4, 0.5) is 0 Å². The average molecular weight is 260 g/mol. The van der Waals surface area contributed by atoms with Crippen molar-refractivity contribution in [2.24, 2.45) is 0 Å². The Morgan fingerprint density at radius 2 is 2.43 bits per heavy atom. The van der Waals surface area contributed by atoms with Gasteiger partial charge in [-0.25, -0.2) is 4.79 Å². The molecule has 1 heterocycles. The Morgan fingerprint density at radius 3 is 2.93 bits per heavy atom. The summed E-state index contributed by atoms with van der Waals surface area (Å²) in [5, 5.41) is 8.55. The van der Waals surface area contributed by atoms with Crippen LogP contribution in [0.2, 0.25) is 0 Å². The van der Waals surface area contributed by atoms with Crippen LogP contribution in [0.5, 0.6) is 0 Å². The second kappa shape index (κ2) is 5.07. The number of rotatable bonds is 4. The molecule has 1 N–H and O–H groups in total. The van der Waals surface area contributed by atoms with Gasteiger partial charge in [-0.2, -0.15) is 0 Å². The minimum atomic E-state index is -0.970. The van der Waals surface area contributed by atoms with Crippen LogP contribution in [0, 0.1) is 0 Å². The summed E-state index contributed by atoms with van der Waals surface area (Å²) in [6.45, 7) is 1.70. The fraction of sp³-hybridized carbons (Fsp3) is 0.333. The van der Waals surface area contributed by atoms with Crippen molar-refractivity contribution >= 4 is 21.9 Å². The summed E-state index contributed by atoms with van der Waals surface area (Å²) < 4.78 is 5.93. The Kier molecular flexibility index (Phi) is 4.03. The van der Waals surface area contributed by atoms with E-state index in [-0.39, 0.29) is 6.61 Å². The summed E-state index contributed by atoms with van der Waals surface area (Å²) in [5.41, 5.74) is 0.710. The van der Waals surface area contributed by atoms with Crippen molar-refractivity contribution in [1.82, 2.24) is 4.98 Å². The van der Waals surface area contributed by atoms with Gasteiger partial charge in [0, 0.05) is 10.7 Å². The number of carboxylic acids is 1. The largest absolute Gasteiger partial charge is 0.479 e. The highest BCUT2D eigenvalue weighted by Crippen LogP contribution is 2.08. The Labute approximate surface area is 90.0 Å². The molecule has 0 aliphatic heterocycles. The van der Waals surface area contributed by atoms with E-state index in [1.54, 1.807) is 12.3 Å². The Bertz CT molecular complexity index is 312. The standard InChI is InChI=1S/C9H10BrNO3/c1-6(9(12)13)14-5-8-3-2-7(10)4-11-8/h2-4,6H,5H2,1H3,(H,12,13)/t6-/m1/s1. The summed E-state index contributed by atoms with van der Waals surface area (Å²) in [6, 6.07) is 3.61. The molecule has 1 atom stereocenters. The molecule has 0 aliphatic carbocycles. The zero-order chi connectivity index (χ0) is 10.6. The van der Waals surface area contributed by atoms with E-state index in [4.69, 9.17) is 9.84 Å². The van der Waals surface area contributed by atoms with Crippen LogP contribution in [-0.4, -0.2) is 22.2 Å². The van der Waals surface area contributed by atoms with Crippen molar-refractivity contribution in [3.63, 3.8) is 0 Å². The van der Waals surface area contributed by atoms with Crippen LogP contribution in [-0.2, 0) is 16.1 Å². The van der Waals surface area contributed by atoms with Gasteiger partial charge in [-0.3, -0.25) is 4.98 Å². The number of carbonyl (C=O) groups is 1. The maximum absolute atomic E-state index is 10.4. The second-order valence-corrected chi connectivity index (χ2v) is 3.67. The van der Waals surface area contributed by atoms with E-state index in [1.807, 2.05) is 6.07 Å². The maximum atomic E-state index is 10.4. The maximum Gasteiger partial charge on any atom is 0.332 e. The highest BCUT2D eigenvalue weighted by Gasteiger charge is 2.10. The van der Waals surface area contributed by atoms with Crippen LogP contribution < -0.4 is 0 Å². The van der Waals surface area contributed by atoms with Crippen molar-refractivity contribution in [2.75, 3.05) is 0 Å². The van der Waals surface area contributed by atoms with Crippen LogP contribution in [0.25, 0.3) is 0 Å². The first-order chi connectivity index (χ1) is 6.59. The van der Waals surface area contributed by atoms with Crippen LogP contribution >= 0.6 is 15.9 Å². The lowest BCUT2D eigenvalue weighted by Gasteiger charge is -2.07. The van der Waals surface area contributed by atoms with E-state index in [2.05, 4.69) is 20.9 Å². The monoisotopic (exact) mass is 259 g/mol. The number of aliphatic carboxylic acids is 1. The van der Waals surface area contributed by atoms with Crippen molar-refractivity contribution in [2.45, 2.75) is 19.6 Å². The Balaban J connectivity index is 2.46. The molecular weight excluding hydrogens is 250 g/mol. The summed E-state index contributed by atoms with van der Waals surface area (Å²) in [4.78, 5) is 14.5. The molecule has 1 aromatic rings. The number of carboxylic acid groups (broad SMARTS) is 1. The molecule has 0 amide bonds. The normalized spacial score (nSPS) is 12.4. The molecule has 0 spiro atoms. The number of nitrogens with zero attached hydrogens (tertiary/aromatic N) is 1. The van der Waals surface area contributed by atoms with E-state index in [0.29, 0.717) is 5.69 Å². The summed E-state index contributed by atoms with van der Waals surface area (Å²) in [6.07, 6.45) is 0.838.